The quantitative estimate of drug-likeness (QED) is 0.355. The van der Waals surface area contributed by atoms with Crippen LogP contribution >= 0.6 is 27.7 Å². The molecule has 0 atom stereocenters. The Hall–Kier alpha value is -0.380. The van der Waals surface area contributed by atoms with Crippen LogP contribution in [0.15, 0.2) is 15.8 Å². The molecule has 0 aliphatic heterocycles. The van der Waals surface area contributed by atoms with Gasteiger partial charge in [0.25, 0.3) is 0 Å². The molecule has 90 valence electrons. The maximum Gasteiger partial charge on any atom is 0.158 e. The van der Waals surface area contributed by atoms with Gasteiger partial charge in [0.2, 0.25) is 0 Å². The Kier molecular flexibility index (Phi) is 4.96. The van der Waals surface area contributed by atoms with Crippen molar-refractivity contribution in [3.05, 3.63) is 10.8 Å². The number of hydrazine groups is 1. The highest BCUT2D eigenvalue weighted by Crippen LogP contribution is 2.29. The molecule has 9 heteroatoms. The van der Waals surface area contributed by atoms with Gasteiger partial charge in [0.1, 0.15) is 21.2 Å². The number of thioether (sulfide) groups is 1. The van der Waals surface area contributed by atoms with Crippen LogP contribution in [0.4, 0.5) is 5.82 Å². The van der Waals surface area contributed by atoms with Crippen LogP contribution in [0.25, 0.3) is 0 Å². The van der Waals surface area contributed by atoms with E-state index in [0.29, 0.717) is 21.1 Å². The fourth-order valence-electron chi connectivity index (χ4n) is 0.845. The van der Waals surface area contributed by atoms with E-state index in [1.165, 1.54) is 24.3 Å². The van der Waals surface area contributed by atoms with Crippen molar-refractivity contribution in [3.8, 4) is 0 Å². The minimum atomic E-state index is -2.94. The Balaban J connectivity index is 2.68. The normalized spacial score (nSPS) is 11.4. The third-order valence-corrected chi connectivity index (χ3v) is 4.80. The Morgan fingerprint density at radius 1 is 1.56 bits per heavy atom. The van der Waals surface area contributed by atoms with E-state index in [-0.39, 0.29) is 5.75 Å². The molecule has 0 aliphatic rings. The Bertz CT molecular complexity index is 465. The summed E-state index contributed by atoms with van der Waals surface area (Å²) in [6, 6.07) is 0. The summed E-state index contributed by atoms with van der Waals surface area (Å²) in [6.07, 6.45) is 2.57. The zero-order chi connectivity index (χ0) is 12.2. The first-order chi connectivity index (χ1) is 7.44. The SMILES string of the molecule is CS(=O)(=O)CCSc1ncnc(NN)c1Br. The second-order valence-electron chi connectivity index (χ2n) is 2.96. The van der Waals surface area contributed by atoms with Gasteiger partial charge in [0.15, 0.2) is 5.82 Å². The van der Waals surface area contributed by atoms with Gasteiger partial charge in [-0.05, 0) is 15.9 Å². The predicted octanol–water partition coefficient (Wildman–Crippen LogP) is 0.661. The molecule has 0 aliphatic carbocycles. The second-order valence-corrected chi connectivity index (χ2v) is 7.10. The van der Waals surface area contributed by atoms with E-state index in [4.69, 9.17) is 5.84 Å². The lowest BCUT2D eigenvalue weighted by Crippen LogP contribution is -2.10. The monoisotopic (exact) mass is 326 g/mol. The van der Waals surface area contributed by atoms with Gasteiger partial charge >= 0.3 is 0 Å². The molecular weight excluding hydrogens is 316 g/mol. The number of hydrogen-bond acceptors (Lipinski definition) is 7. The summed E-state index contributed by atoms with van der Waals surface area (Å²) in [5.74, 6) is 6.26. The van der Waals surface area contributed by atoms with Gasteiger partial charge < -0.3 is 5.43 Å². The fourth-order valence-corrected chi connectivity index (χ4v) is 3.59. The Labute approximate surface area is 106 Å². The maximum absolute atomic E-state index is 10.9. The number of sulfone groups is 1. The standard InChI is InChI=1S/C7H11BrN4O2S2/c1-16(13,14)3-2-15-7-5(8)6(12-9)10-4-11-7/h4H,2-3,9H2,1H3,(H,10,11,12). The molecule has 0 aromatic carbocycles. The maximum atomic E-state index is 10.9. The van der Waals surface area contributed by atoms with Crippen LogP contribution in [0.5, 0.6) is 0 Å². The molecule has 0 fully saturated rings. The van der Waals surface area contributed by atoms with Gasteiger partial charge in [0, 0.05) is 12.0 Å². The molecule has 0 radical (unpaired) electrons. The summed E-state index contributed by atoms with van der Waals surface area (Å²) >= 11 is 4.62. The average molecular weight is 327 g/mol. The van der Waals surface area contributed by atoms with Gasteiger partial charge in [-0.2, -0.15) is 0 Å². The average Bonchev–Trinajstić information content (AvgIpc) is 2.19. The molecule has 1 rings (SSSR count). The van der Waals surface area contributed by atoms with Crippen molar-refractivity contribution in [1.82, 2.24) is 9.97 Å². The molecule has 1 aromatic rings. The zero-order valence-electron chi connectivity index (χ0n) is 8.47. The summed E-state index contributed by atoms with van der Waals surface area (Å²) in [6.45, 7) is 0. The van der Waals surface area contributed by atoms with Crippen LogP contribution in [-0.2, 0) is 9.84 Å². The van der Waals surface area contributed by atoms with Crippen molar-refractivity contribution in [1.29, 1.82) is 0 Å². The number of aromatic nitrogens is 2. The van der Waals surface area contributed by atoms with Crippen LogP contribution in [0.3, 0.4) is 0 Å². The summed E-state index contributed by atoms with van der Waals surface area (Å²) in [4.78, 5) is 7.91. The highest BCUT2D eigenvalue weighted by atomic mass is 79.9. The molecule has 1 aromatic heterocycles. The number of nitrogens with zero attached hydrogens (tertiary/aromatic N) is 2. The number of rotatable bonds is 5. The molecule has 0 spiro atoms. The van der Waals surface area contributed by atoms with Crippen LogP contribution in [0, 0.1) is 0 Å². The number of anilines is 1. The Morgan fingerprint density at radius 3 is 2.81 bits per heavy atom. The van der Waals surface area contributed by atoms with Crippen molar-refractivity contribution in [2.45, 2.75) is 5.03 Å². The van der Waals surface area contributed by atoms with Crippen LogP contribution in [0.1, 0.15) is 0 Å². The van der Waals surface area contributed by atoms with E-state index < -0.39 is 9.84 Å². The minimum absolute atomic E-state index is 0.111. The zero-order valence-corrected chi connectivity index (χ0v) is 11.7. The molecule has 0 unspecified atom stereocenters. The van der Waals surface area contributed by atoms with Crippen molar-refractivity contribution in [2.75, 3.05) is 23.2 Å². The van der Waals surface area contributed by atoms with Gasteiger partial charge in [-0.3, -0.25) is 0 Å². The van der Waals surface area contributed by atoms with E-state index >= 15 is 0 Å². The van der Waals surface area contributed by atoms with E-state index in [0.717, 1.165) is 0 Å². The molecule has 0 bridgehead atoms. The van der Waals surface area contributed by atoms with Crippen LogP contribution < -0.4 is 11.3 Å². The molecule has 3 N–H and O–H groups in total. The van der Waals surface area contributed by atoms with Crippen LogP contribution in [-0.4, -0.2) is 36.1 Å². The summed E-state index contributed by atoms with van der Waals surface area (Å²) < 4.78 is 22.5. The summed E-state index contributed by atoms with van der Waals surface area (Å²) in [7, 11) is -2.94. The highest BCUT2D eigenvalue weighted by Gasteiger charge is 2.09. The van der Waals surface area contributed by atoms with Gasteiger partial charge in [-0.25, -0.2) is 24.2 Å². The van der Waals surface area contributed by atoms with Crippen molar-refractivity contribution in [3.63, 3.8) is 0 Å². The molecule has 6 nitrogen and oxygen atoms in total. The van der Waals surface area contributed by atoms with Gasteiger partial charge in [-0.15, -0.1) is 11.8 Å². The van der Waals surface area contributed by atoms with Gasteiger partial charge in [-0.1, -0.05) is 0 Å². The first-order valence-corrected chi connectivity index (χ1v) is 8.05. The largest absolute Gasteiger partial charge is 0.307 e. The lowest BCUT2D eigenvalue weighted by molar-refractivity contribution is 0.603. The topological polar surface area (TPSA) is 98.0 Å². The number of hydrogen-bond donors (Lipinski definition) is 2. The fraction of sp³-hybridized carbons (Fsp3) is 0.429. The third-order valence-electron chi connectivity index (χ3n) is 1.59. The second kappa shape index (κ2) is 5.80. The lowest BCUT2D eigenvalue weighted by atomic mass is 10.6. The smallest absolute Gasteiger partial charge is 0.158 e. The molecule has 0 saturated carbocycles. The molecular formula is C7H11BrN4O2S2. The van der Waals surface area contributed by atoms with Gasteiger partial charge in [0.05, 0.1) is 10.2 Å². The number of halogens is 1. The van der Waals surface area contributed by atoms with Crippen molar-refractivity contribution < 1.29 is 8.42 Å². The number of nitrogens with two attached hydrogens (primary N) is 1. The van der Waals surface area contributed by atoms with Crippen molar-refractivity contribution >= 4 is 43.3 Å². The molecule has 0 saturated heterocycles. The summed E-state index contributed by atoms with van der Waals surface area (Å²) in [5, 5.41) is 0.659. The lowest BCUT2D eigenvalue weighted by Gasteiger charge is -2.06. The number of nitrogen functional groups attached to an aromatic ring is 1. The first kappa shape index (κ1) is 13.7. The minimum Gasteiger partial charge on any atom is -0.307 e. The van der Waals surface area contributed by atoms with Crippen LogP contribution in [0.2, 0.25) is 0 Å². The first-order valence-electron chi connectivity index (χ1n) is 4.21. The van der Waals surface area contributed by atoms with E-state index in [1.807, 2.05) is 0 Å². The third kappa shape index (κ3) is 4.24. The highest BCUT2D eigenvalue weighted by molar-refractivity contribution is 9.10. The van der Waals surface area contributed by atoms with E-state index in [1.54, 1.807) is 0 Å². The Morgan fingerprint density at radius 2 is 2.25 bits per heavy atom. The predicted molar refractivity (Wildman–Crippen MR) is 68.0 cm³/mol. The number of nitrogens with one attached hydrogen (secondary N) is 1. The molecule has 16 heavy (non-hydrogen) atoms. The van der Waals surface area contributed by atoms with Crippen molar-refractivity contribution in [2.24, 2.45) is 5.84 Å². The molecule has 1 heterocycles. The van der Waals surface area contributed by atoms with E-state index in [9.17, 15) is 8.42 Å². The molecule has 0 amide bonds. The summed E-state index contributed by atoms with van der Waals surface area (Å²) in [5.41, 5.74) is 2.41. The van der Waals surface area contributed by atoms with E-state index in [2.05, 4.69) is 31.3 Å².